The minimum absolute atomic E-state index is 0.213. The number of hydrogen-bond donors (Lipinski definition) is 2. The largest absolute Gasteiger partial charge is 0.466 e. The number of carbonyl (C=O) groups is 3. The molecule has 186 valence electrons. The van der Waals surface area contributed by atoms with E-state index in [9.17, 15) is 19.5 Å². The van der Waals surface area contributed by atoms with Gasteiger partial charge in [0.15, 0.2) is 0 Å². The van der Waals surface area contributed by atoms with Crippen molar-refractivity contribution < 1.29 is 24.2 Å². The number of anilines is 1. The predicted octanol–water partition coefficient (Wildman–Crippen LogP) is 3.73. The van der Waals surface area contributed by atoms with Crippen molar-refractivity contribution in [1.29, 1.82) is 0 Å². The number of aliphatic hydroxyl groups excluding tert-OH is 1. The van der Waals surface area contributed by atoms with Crippen molar-refractivity contribution in [3.8, 4) is 0 Å². The van der Waals surface area contributed by atoms with Crippen molar-refractivity contribution in [2.24, 2.45) is 17.8 Å². The molecule has 3 saturated heterocycles. The second-order valence-electron chi connectivity index (χ2n) is 10.2. The number of thioether (sulfide) groups is 1. The average molecular weight is 509 g/mol. The molecule has 2 unspecified atom stereocenters. The highest BCUT2D eigenvalue weighted by Gasteiger charge is 2.78. The molecule has 9 heteroatoms. The van der Waals surface area contributed by atoms with Gasteiger partial charge >= 0.3 is 5.97 Å². The standard InChI is InChI=1S/C25H33ClN2O5S/c1-5-33-23(32)19-18-22(31)28(17(13-29)12-14(2)3)20(25(18)11-10-24(19,4)34-25)21(30)27-16-8-6-15(26)7-9-16/h6-9,14,17-20,29H,5,10-13H2,1-4H3,(H,27,30)/t17-,18+,19+,20?,24-,25?/m1/s1. The van der Waals surface area contributed by atoms with E-state index in [-0.39, 0.29) is 36.9 Å². The summed E-state index contributed by atoms with van der Waals surface area (Å²) < 4.78 is 4.19. The van der Waals surface area contributed by atoms with Gasteiger partial charge in [0, 0.05) is 15.5 Å². The van der Waals surface area contributed by atoms with Crippen LogP contribution in [0.1, 0.15) is 47.0 Å². The fourth-order valence-corrected chi connectivity index (χ4v) is 8.67. The Hall–Kier alpha value is -1.77. The van der Waals surface area contributed by atoms with Crippen LogP contribution >= 0.6 is 23.4 Å². The normalized spacial score (nSPS) is 32.7. The zero-order valence-electron chi connectivity index (χ0n) is 20.0. The number of nitrogens with one attached hydrogen (secondary N) is 1. The quantitative estimate of drug-likeness (QED) is 0.519. The van der Waals surface area contributed by atoms with Gasteiger partial charge in [0.1, 0.15) is 6.04 Å². The fourth-order valence-electron chi connectivity index (χ4n) is 6.21. The molecule has 2 N–H and O–H groups in total. The van der Waals surface area contributed by atoms with Gasteiger partial charge in [0.25, 0.3) is 0 Å². The highest BCUT2D eigenvalue weighted by atomic mass is 35.5. The van der Waals surface area contributed by atoms with Gasteiger partial charge < -0.3 is 20.1 Å². The second kappa shape index (κ2) is 9.36. The molecular weight excluding hydrogens is 476 g/mol. The number of likely N-dealkylation sites (tertiary alicyclic amines) is 1. The minimum Gasteiger partial charge on any atom is -0.466 e. The third-order valence-corrected chi connectivity index (χ3v) is 9.70. The number of fused-ring (bicyclic) bond motifs is 1. The molecule has 2 bridgehead atoms. The van der Waals surface area contributed by atoms with Crippen LogP contribution < -0.4 is 5.32 Å². The van der Waals surface area contributed by atoms with Crippen molar-refractivity contribution in [2.45, 2.75) is 68.5 Å². The monoisotopic (exact) mass is 508 g/mol. The third kappa shape index (κ3) is 4.01. The summed E-state index contributed by atoms with van der Waals surface area (Å²) in [5.41, 5.74) is 0.580. The van der Waals surface area contributed by atoms with Crippen LogP contribution in [0.3, 0.4) is 0 Å². The Morgan fingerprint density at radius 3 is 2.56 bits per heavy atom. The molecule has 1 aromatic carbocycles. The minimum atomic E-state index is -0.803. The summed E-state index contributed by atoms with van der Waals surface area (Å²) in [5, 5.41) is 13.8. The molecule has 0 radical (unpaired) electrons. The molecule has 6 atom stereocenters. The molecular formula is C25H33ClN2O5S. The van der Waals surface area contributed by atoms with Crippen LogP contribution in [-0.4, -0.2) is 62.6 Å². The van der Waals surface area contributed by atoms with Crippen LogP contribution in [0.5, 0.6) is 0 Å². The smallest absolute Gasteiger partial charge is 0.311 e. The Bertz CT molecular complexity index is 973. The summed E-state index contributed by atoms with van der Waals surface area (Å²) >= 11 is 7.59. The summed E-state index contributed by atoms with van der Waals surface area (Å²) in [5.74, 6) is -1.97. The highest BCUT2D eigenvalue weighted by Crippen LogP contribution is 2.71. The molecule has 0 saturated carbocycles. The van der Waals surface area contributed by atoms with Crippen molar-refractivity contribution in [2.75, 3.05) is 18.5 Å². The van der Waals surface area contributed by atoms with Gasteiger partial charge in [0.2, 0.25) is 11.8 Å². The van der Waals surface area contributed by atoms with E-state index >= 15 is 0 Å². The van der Waals surface area contributed by atoms with E-state index in [0.717, 1.165) is 6.42 Å². The number of esters is 1. The summed E-state index contributed by atoms with van der Waals surface area (Å²) in [6, 6.07) is 5.51. The number of halogens is 1. The van der Waals surface area contributed by atoms with E-state index in [1.54, 1.807) is 47.9 Å². The highest BCUT2D eigenvalue weighted by molar-refractivity contribution is 8.02. The van der Waals surface area contributed by atoms with Gasteiger partial charge in [-0.15, -0.1) is 11.8 Å². The Labute approximate surface area is 209 Å². The fraction of sp³-hybridized carbons (Fsp3) is 0.640. The molecule has 7 nitrogen and oxygen atoms in total. The maximum Gasteiger partial charge on any atom is 0.311 e. The maximum atomic E-state index is 14.0. The van der Waals surface area contributed by atoms with Crippen LogP contribution in [0.15, 0.2) is 24.3 Å². The Morgan fingerprint density at radius 1 is 1.29 bits per heavy atom. The van der Waals surface area contributed by atoms with Gasteiger partial charge in [-0.1, -0.05) is 25.4 Å². The topological polar surface area (TPSA) is 95.9 Å². The lowest BCUT2D eigenvalue weighted by molar-refractivity contribution is -0.155. The first kappa shape index (κ1) is 25.3. The van der Waals surface area contributed by atoms with E-state index in [1.165, 1.54) is 0 Å². The van der Waals surface area contributed by atoms with Crippen LogP contribution in [0, 0.1) is 17.8 Å². The first-order valence-electron chi connectivity index (χ1n) is 11.9. The lowest BCUT2D eigenvalue weighted by Gasteiger charge is -2.37. The number of rotatable bonds is 8. The molecule has 3 fully saturated rings. The molecule has 3 heterocycles. The summed E-state index contributed by atoms with van der Waals surface area (Å²) in [7, 11) is 0. The molecule has 2 amide bonds. The molecule has 3 aliphatic heterocycles. The summed E-state index contributed by atoms with van der Waals surface area (Å²) in [6.07, 6.45) is 1.93. The molecule has 3 aliphatic rings. The Balaban J connectivity index is 1.77. The Kier molecular flexibility index (Phi) is 6.97. The number of hydrogen-bond acceptors (Lipinski definition) is 6. The van der Waals surface area contributed by atoms with Crippen LogP contribution in [0.4, 0.5) is 5.69 Å². The first-order chi connectivity index (χ1) is 16.1. The molecule has 4 rings (SSSR count). The molecule has 0 aromatic heterocycles. The number of benzene rings is 1. The van der Waals surface area contributed by atoms with Crippen molar-refractivity contribution in [3.63, 3.8) is 0 Å². The van der Waals surface area contributed by atoms with Gasteiger partial charge in [-0.05, 0) is 63.3 Å². The van der Waals surface area contributed by atoms with Crippen LogP contribution in [-0.2, 0) is 19.1 Å². The first-order valence-corrected chi connectivity index (χ1v) is 13.1. The summed E-state index contributed by atoms with van der Waals surface area (Å²) in [6.45, 7) is 7.80. The lowest BCUT2D eigenvalue weighted by atomic mass is 9.66. The molecule has 1 spiro atoms. The van der Waals surface area contributed by atoms with Gasteiger partial charge in [-0.3, -0.25) is 14.4 Å². The zero-order valence-corrected chi connectivity index (χ0v) is 21.6. The van der Waals surface area contributed by atoms with E-state index in [2.05, 4.69) is 5.32 Å². The lowest BCUT2D eigenvalue weighted by Crippen LogP contribution is -2.55. The molecule has 0 aliphatic carbocycles. The van der Waals surface area contributed by atoms with E-state index in [0.29, 0.717) is 23.6 Å². The molecule has 1 aromatic rings. The number of nitrogens with zero attached hydrogens (tertiary/aromatic N) is 1. The van der Waals surface area contributed by atoms with Crippen molar-refractivity contribution >= 4 is 46.8 Å². The predicted molar refractivity (Wildman–Crippen MR) is 133 cm³/mol. The number of ether oxygens (including phenoxy) is 1. The number of aliphatic hydroxyl groups is 1. The SMILES string of the molecule is CCOC(=O)[C@@H]1[C@H]2C(=O)N([C@@H](CO)CC(C)C)C(C(=O)Nc3ccc(Cl)cc3)C23CC[C@@]1(C)S3. The van der Waals surface area contributed by atoms with E-state index < -0.39 is 33.4 Å². The number of carbonyl (C=O) groups excluding carboxylic acids is 3. The van der Waals surface area contributed by atoms with Gasteiger partial charge in [-0.25, -0.2) is 0 Å². The van der Waals surface area contributed by atoms with E-state index in [4.69, 9.17) is 16.3 Å². The van der Waals surface area contributed by atoms with Crippen molar-refractivity contribution in [3.05, 3.63) is 29.3 Å². The Morgan fingerprint density at radius 2 is 1.97 bits per heavy atom. The average Bonchev–Trinajstić information content (AvgIpc) is 3.34. The van der Waals surface area contributed by atoms with Crippen LogP contribution in [0.2, 0.25) is 5.02 Å². The third-order valence-electron chi connectivity index (χ3n) is 7.46. The summed E-state index contributed by atoms with van der Waals surface area (Å²) in [4.78, 5) is 42.5. The number of amides is 2. The van der Waals surface area contributed by atoms with Crippen LogP contribution in [0.25, 0.3) is 0 Å². The zero-order chi connectivity index (χ0) is 24.8. The van der Waals surface area contributed by atoms with Crippen molar-refractivity contribution in [1.82, 2.24) is 4.90 Å². The van der Waals surface area contributed by atoms with E-state index in [1.807, 2.05) is 20.8 Å². The van der Waals surface area contributed by atoms with Gasteiger partial charge in [0.05, 0.1) is 35.8 Å². The maximum absolute atomic E-state index is 14.0. The molecule has 34 heavy (non-hydrogen) atoms. The van der Waals surface area contributed by atoms with Gasteiger partial charge in [-0.2, -0.15) is 0 Å². The second-order valence-corrected chi connectivity index (χ2v) is 12.5.